The Morgan fingerprint density at radius 3 is 2.29 bits per heavy atom. The summed E-state index contributed by atoms with van der Waals surface area (Å²) in [5.41, 5.74) is 1.75. The third-order valence-corrected chi connectivity index (χ3v) is 15.6. The standard InChI is InChI=1S/C39H62O12/c1-18-8-13-39(46-17-18)19(2)28-26(51-39)15-25-23-7-6-21-14-22(9-11-37(21,4)24(23)10-12-38(25,28)5)48-36-33(45)31(43)34(27(16-40)49-36)50-35-32(44)30(42)29(41)20(3)47-35/h6,18-20,22-36,40-45H,7-17H2,1-5H3/t18-,19+,20+,22+,23-,24+,25+,26+,27-,28+,29+,30-,31-,32-,33-,34-,35-,36-,37+,38+,39-/m1/s1. The first-order valence-corrected chi connectivity index (χ1v) is 19.8. The molecule has 0 aromatic carbocycles. The van der Waals surface area contributed by atoms with E-state index in [9.17, 15) is 30.6 Å². The molecule has 0 radical (unpaired) electrons. The molecule has 3 saturated carbocycles. The molecule has 6 N–H and O–H groups in total. The first-order chi connectivity index (χ1) is 24.2. The second-order valence-corrected chi connectivity index (χ2v) is 18.3. The Labute approximate surface area is 301 Å². The highest BCUT2D eigenvalue weighted by Gasteiger charge is 2.68. The summed E-state index contributed by atoms with van der Waals surface area (Å²) in [5, 5.41) is 63.1. The fourth-order valence-electron chi connectivity index (χ4n) is 12.6. The molecular formula is C39H62O12. The number of aliphatic hydroxyl groups excluding tert-OH is 6. The summed E-state index contributed by atoms with van der Waals surface area (Å²) in [5.74, 6) is 2.99. The zero-order valence-corrected chi connectivity index (χ0v) is 30.9. The topological polar surface area (TPSA) is 177 Å². The van der Waals surface area contributed by atoms with Crippen LogP contribution in [0.2, 0.25) is 0 Å². The van der Waals surface area contributed by atoms with Crippen LogP contribution < -0.4 is 0 Å². The fraction of sp³-hybridized carbons (Fsp3) is 0.949. The van der Waals surface area contributed by atoms with E-state index in [2.05, 4.69) is 33.8 Å². The highest BCUT2D eigenvalue weighted by atomic mass is 16.7. The number of hydrogen-bond donors (Lipinski definition) is 6. The number of ether oxygens (including phenoxy) is 6. The smallest absolute Gasteiger partial charge is 0.187 e. The number of rotatable bonds is 5. The van der Waals surface area contributed by atoms with Gasteiger partial charge in [-0.1, -0.05) is 39.3 Å². The minimum absolute atomic E-state index is 0.0757. The van der Waals surface area contributed by atoms with Gasteiger partial charge >= 0.3 is 0 Å². The van der Waals surface area contributed by atoms with Crippen LogP contribution in [0.4, 0.5) is 0 Å². The largest absolute Gasteiger partial charge is 0.394 e. The Balaban J connectivity index is 0.915. The lowest BCUT2D eigenvalue weighted by molar-refractivity contribution is -0.360. The van der Waals surface area contributed by atoms with Gasteiger partial charge in [0, 0.05) is 12.3 Å². The maximum Gasteiger partial charge on any atom is 0.187 e. The van der Waals surface area contributed by atoms with Gasteiger partial charge < -0.3 is 59.1 Å². The monoisotopic (exact) mass is 722 g/mol. The maximum absolute atomic E-state index is 11.1. The lowest BCUT2D eigenvalue weighted by Crippen LogP contribution is -2.64. The second-order valence-electron chi connectivity index (χ2n) is 18.3. The summed E-state index contributed by atoms with van der Waals surface area (Å²) >= 11 is 0. The Bertz CT molecular complexity index is 1300. The van der Waals surface area contributed by atoms with Gasteiger partial charge in [0.2, 0.25) is 0 Å². The fourth-order valence-corrected chi connectivity index (χ4v) is 12.6. The van der Waals surface area contributed by atoms with E-state index in [4.69, 9.17) is 28.4 Å². The van der Waals surface area contributed by atoms with Crippen LogP contribution in [0, 0.1) is 46.3 Å². The average Bonchev–Trinajstić information content (AvgIpc) is 3.56. The van der Waals surface area contributed by atoms with Crippen LogP contribution in [0.1, 0.15) is 92.4 Å². The summed E-state index contributed by atoms with van der Waals surface area (Å²) < 4.78 is 37.1. The lowest BCUT2D eigenvalue weighted by Gasteiger charge is -2.58. The molecule has 4 aliphatic heterocycles. The van der Waals surface area contributed by atoms with Gasteiger partial charge in [-0.3, -0.25) is 0 Å². The van der Waals surface area contributed by atoms with Crippen molar-refractivity contribution < 1.29 is 59.1 Å². The van der Waals surface area contributed by atoms with Crippen molar-refractivity contribution in [3.05, 3.63) is 11.6 Å². The Hall–Kier alpha value is -0.740. The van der Waals surface area contributed by atoms with E-state index < -0.39 is 73.8 Å². The van der Waals surface area contributed by atoms with Crippen LogP contribution in [-0.4, -0.2) is 123 Å². The third-order valence-electron chi connectivity index (χ3n) is 15.6. The van der Waals surface area contributed by atoms with Crippen molar-refractivity contribution in [2.75, 3.05) is 13.2 Å². The summed E-state index contributed by atoms with van der Waals surface area (Å²) in [4.78, 5) is 0. The predicted molar refractivity (Wildman–Crippen MR) is 182 cm³/mol. The van der Waals surface area contributed by atoms with E-state index in [-0.39, 0.29) is 23.0 Å². The van der Waals surface area contributed by atoms with E-state index >= 15 is 0 Å². The molecule has 290 valence electrons. The SMILES string of the molecule is C[C@@H]1CC[C@@]2(OC1)O[C@H]1C[C@H]3[C@@H]4CC=C5C[C@@H](O[C@@H]6O[C@H](CO)[C@@H](O[C@H]7O[C@@H](C)[C@H](O)[C@@H](O)[C@H]7O)[C@H](O)[C@H]6O)CC[C@]5(C)[C@H]4CC[C@]3(C)[C@H]1[C@@H]2C. The van der Waals surface area contributed by atoms with Crippen molar-refractivity contribution in [3.63, 3.8) is 0 Å². The van der Waals surface area contributed by atoms with Crippen LogP contribution in [0.3, 0.4) is 0 Å². The van der Waals surface area contributed by atoms with Crippen LogP contribution >= 0.6 is 0 Å². The van der Waals surface area contributed by atoms with Gasteiger partial charge in [-0.15, -0.1) is 0 Å². The minimum Gasteiger partial charge on any atom is -0.394 e. The summed E-state index contributed by atoms with van der Waals surface area (Å²) in [7, 11) is 0. The molecule has 7 fully saturated rings. The van der Waals surface area contributed by atoms with E-state index in [1.165, 1.54) is 31.8 Å². The molecule has 1 spiro atoms. The van der Waals surface area contributed by atoms with Crippen LogP contribution in [0.5, 0.6) is 0 Å². The summed E-state index contributed by atoms with van der Waals surface area (Å²) in [6.45, 7) is 11.5. The lowest BCUT2D eigenvalue weighted by atomic mass is 9.47. The first-order valence-electron chi connectivity index (χ1n) is 19.8. The first kappa shape index (κ1) is 37.2. The molecule has 12 nitrogen and oxygen atoms in total. The molecule has 21 atom stereocenters. The van der Waals surface area contributed by atoms with Crippen molar-refractivity contribution in [1.82, 2.24) is 0 Å². The number of hydrogen-bond acceptors (Lipinski definition) is 12. The third kappa shape index (κ3) is 5.84. The molecule has 4 heterocycles. The molecule has 8 aliphatic rings. The van der Waals surface area contributed by atoms with E-state index in [0.717, 1.165) is 45.1 Å². The van der Waals surface area contributed by atoms with Crippen molar-refractivity contribution in [2.24, 2.45) is 46.3 Å². The van der Waals surface area contributed by atoms with Gasteiger partial charge in [-0.25, -0.2) is 0 Å². The summed E-state index contributed by atoms with van der Waals surface area (Å²) in [6, 6.07) is 0. The molecular weight excluding hydrogens is 660 g/mol. The summed E-state index contributed by atoms with van der Waals surface area (Å²) in [6.07, 6.45) is -1.53. The molecule has 8 rings (SSSR count). The number of allylic oxidation sites excluding steroid dienone is 1. The van der Waals surface area contributed by atoms with E-state index in [0.29, 0.717) is 35.5 Å². The van der Waals surface area contributed by atoms with Crippen molar-refractivity contribution in [1.29, 1.82) is 0 Å². The molecule has 0 aromatic rings. The van der Waals surface area contributed by atoms with E-state index in [1.807, 2.05) is 0 Å². The molecule has 51 heavy (non-hydrogen) atoms. The molecule has 12 heteroatoms. The Morgan fingerprint density at radius 1 is 0.824 bits per heavy atom. The van der Waals surface area contributed by atoms with Crippen LogP contribution in [-0.2, 0) is 28.4 Å². The van der Waals surface area contributed by atoms with Gasteiger partial charge in [0.1, 0.15) is 42.7 Å². The molecule has 0 bridgehead atoms. The quantitative estimate of drug-likeness (QED) is 0.229. The van der Waals surface area contributed by atoms with Crippen molar-refractivity contribution >= 4 is 0 Å². The van der Waals surface area contributed by atoms with Gasteiger partial charge in [0.05, 0.1) is 31.5 Å². The van der Waals surface area contributed by atoms with Gasteiger partial charge in [0.15, 0.2) is 18.4 Å². The molecule has 0 unspecified atom stereocenters. The highest BCUT2D eigenvalue weighted by Crippen LogP contribution is 2.70. The zero-order valence-electron chi connectivity index (χ0n) is 30.9. The molecule has 4 saturated heterocycles. The van der Waals surface area contributed by atoms with Crippen molar-refractivity contribution in [2.45, 2.75) is 172 Å². The van der Waals surface area contributed by atoms with E-state index in [1.54, 1.807) is 0 Å². The van der Waals surface area contributed by atoms with Gasteiger partial charge in [-0.05, 0) is 98.7 Å². The highest BCUT2D eigenvalue weighted by molar-refractivity contribution is 5.26. The number of fused-ring (bicyclic) bond motifs is 7. The molecule has 0 amide bonds. The Morgan fingerprint density at radius 2 is 1.57 bits per heavy atom. The molecule has 4 aliphatic carbocycles. The second kappa shape index (κ2) is 13.5. The minimum atomic E-state index is -1.61. The predicted octanol–water partition coefficient (Wildman–Crippen LogP) is 2.39. The number of aliphatic hydroxyl groups is 6. The van der Waals surface area contributed by atoms with Gasteiger partial charge in [-0.2, -0.15) is 0 Å². The van der Waals surface area contributed by atoms with Crippen LogP contribution in [0.15, 0.2) is 11.6 Å². The average molecular weight is 723 g/mol. The zero-order chi connectivity index (χ0) is 36.2. The normalized spacial score (nSPS) is 58.4. The van der Waals surface area contributed by atoms with Crippen molar-refractivity contribution in [3.8, 4) is 0 Å². The molecule has 0 aromatic heterocycles. The Kier molecular flexibility index (Phi) is 9.83. The van der Waals surface area contributed by atoms with Gasteiger partial charge in [0.25, 0.3) is 0 Å². The van der Waals surface area contributed by atoms with Crippen LogP contribution in [0.25, 0.3) is 0 Å². The maximum atomic E-state index is 11.1.